The van der Waals surface area contributed by atoms with Crippen molar-refractivity contribution in [3.05, 3.63) is 0 Å². The first-order valence-electron chi connectivity index (χ1n) is 8.91. The van der Waals surface area contributed by atoms with Crippen LogP contribution < -0.4 is 0 Å². The Kier molecular flexibility index (Phi) is 4.79. The van der Waals surface area contributed by atoms with Gasteiger partial charge in [0.25, 0.3) is 5.91 Å². The lowest BCUT2D eigenvalue weighted by Gasteiger charge is -2.27. The zero-order valence-corrected chi connectivity index (χ0v) is 14.9. The number of likely N-dealkylation sites (N-methyl/N-ethyl adjacent to an activating group) is 1. The van der Waals surface area contributed by atoms with Crippen LogP contribution in [0, 0.1) is 17.8 Å². The molecule has 1 N–H and O–H groups in total. The molecule has 2 aliphatic heterocycles. The molecule has 2 aliphatic carbocycles. The number of nitrogens with zero attached hydrogens (tertiary/aromatic N) is 3. The third-order valence-corrected chi connectivity index (χ3v) is 6.00. The van der Waals surface area contributed by atoms with E-state index in [4.69, 9.17) is 14.9 Å². The molecular weight excluding hydrogens is 351 g/mol. The molecule has 2 saturated carbocycles. The molecule has 1 amide bonds. The lowest BCUT2D eigenvalue weighted by atomic mass is 9.85. The van der Waals surface area contributed by atoms with Crippen LogP contribution in [0.2, 0.25) is 0 Å². The van der Waals surface area contributed by atoms with Gasteiger partial charge in [-0.1, -0.05) is 0 Å². The summed E-state index contributed by atoms with van der Waals surface area (Å²) < 4.78 is 31.7. The minimum atomic E-state index is -5.08. The number of fused-ring (bicyclic) bond motifs is 2. The molecule has 0 unspecified atom stereocenters. The molecule has 0 bridgehead atoms. The van der Waals surface area contributed by atoms with Crippen molar-refractivity contribution >= 4 is 17.7 Å². The number of amides is 1. The van der Waals surface area contributed by atoms with Crippen LogP contribution in [0.3, 0.4) is 0 Å². The van der Waals surface area contributed by atoms with Gasteiger partial charge in [0.2, 0.25) is 0 Å². The topological polar surface area (TPSA) is 73.2 Å². The first-order chi connectivity index (χ1) is 12.0. The molecule has 0 aromatic rings. The molecule has 3 fully saturated rings. The zero-order valence-electron chi connectivity index (χ0n) is 14.9. The van der Waals surface area contributed by atoms with E-state index in [1.54, 1.807) is 4.90 Å². The average molecular weight is 375 g/mol. The normalized spacial score (nSPS) is 34.0. The van der Waals surface area contributed by atoms with Gasteiger partial charge in [-0.3, -0.25) is 9.79 Å². The highest BCUT2D eigenvalue weighted by Gasteiger charge is 2.60. The minimum Gasteiger partial charge on any atom is -0.475 e. The summed E-state index contributed by atoms with van der Waals surface area (Å²) in [7, 11) is 1.88. The van der Waals surface area contributed by atoms with Gasteiger partial charge in [-0.15, -0.1) is 0 Å². The van der Waals surface area contributed by atoms with E-state index in [1.807, 2.05) is 14.0 Å². The first kappa shape index (κ1) is 19.1. The molecule has 6 nitrogen and oxygen atoms in total. The van der Waals surface area contributed by atoms with Crippen LogP contribution in [0.4, 0.5) is 13.2 Å². The van der Waals surface area contributed by atoms with Gasteiger partial charge >= 0.3 is 12.1 Å². The molecule has 2 heterocycles. The van der Waals surface area contributed by atoms with Crippen LogP contribution in [0.1, 0.15) is 32.6 Å². The van der Waals surface area contributed by atoms with Crippen molar-refractivity contribution in [3.8, 4) is 0 Å². The summed E-state index contributed by atoms with van der Waals surface area (Å²) in [6.07, 6.45) is -0.103. The molecule has 4 aliphatic rings. The number of hydrogen-bond acceptors (Lipinski definition) is 4. The lowest BCUT2D eigenvalue weighted by molar-refractivity contribution is -0.192. The summed E-state index contributed by atoms with van der Waals surface area (Å²) >= 11 is 0. The van der Waals surface area contributed by atoms with Gasteiger partial charge in [-0.25, -0.2) is 4.79 Å². The van der Waals surface area contributed by atoms with E-state index in [9.17, 15) is 18.0 Å². The average Bonchev–Trinajstić information content (AvgIpc) is 3.10. The molecule has 0 radical (unpaired) electrons. The molecule has 1 saturated heterocycles. The second kappa shape index (κ2) is 6.51. The Morgan fingerprint density at radius 3 is 2.38 bits per heavy atom. The molecule has 4 rings (SSSR count). The number of rotatable bonds is 2. The number of hydrogen-bond donors (Lipinski definition) is 1. The number of amidine groups is 1. The zero-order chi connectivity index (χ0) is 19.3. The van der Waals surface area contributed by atoms with Gasteiger partial charge < -0.3 is 14.9 Å². The third kappa shape index (κ3) is 3.45. The number of alkyl halides is 3. The van der Waals surface area contributed by atoms with Crippen LogP contribution in [0.25, 0.3) is 0 Å². The molecule has 9 heteroatoms. The summed E-state index contributed by atoms with van der Waals surface area (Å²) in [6.45, 7) is 5.53. The summed E-state index contributed by atoms with van der Waals surface area (Å²) in [5, 5.41) is 7.12. The van der Waals surface area contributed by atoms with Crippen molar-refractivity contribution in [1.82, 2.24) is 9.80 Å². The van der Waals surface area contributed by atoms with Crippen molar-refractivity contribution < 1.29 is 27.9 Å². The van der Waals surface area contributed by atoms with Gasteiger partial charge in [0.1, 0.15) is 11.4 Å². The number of carboxylic acid groups (broad SMARTS) is 1. The maximum absolute atomic E-state index is 12.6. The van der Waals surface area contributed by atoms with Gasteiger partial charge in [0.15, 0.2) is 0 Å². The Bertz CT molecular complexity index is 632. The van der Waals surface area contributed by atoms with E-state index >= 15 is 0 Å². The highest BCUT2D eigenvalue weighted by atomic mass is 19.4. The van der Waals surface area contributed by atoms with Crippen LogP contribution >= 0.6 is 0 Å². The number of halogens is 3. The number of carbonyl (C=O) groups is 2. The number of aliphatic carboxylic acids is 1. The van der Waals surface area contributed by atoms with Crippen LogP contribution in [-0.4, -0.2) is 71.0 Å². The van der Waals surface area contributed by atoms with Crippen molar-refractivity contribution in [3.63, 3.8) is 0 Å². The van der Waals surface area contributed by atoms with E-state index < -0.39 is 12.1 Å². The monoisotopic (exact) mass is 375 g/mol. The second-order valence-electron chi connectivity index (χ2n) is 7.82. The highest BCUT2D eigenvalue weighted by molar-refractivity contribution is 6.07. The van der Waals surface area contributed by atoms with Crippen LogP contribution in [0.15, 0.2) is 4.99 Å². The summed E-state index contributed by atoms with van der Waals surface area (Å²) in [5.74, 6) is 0.524. The fourth-order valence-electron chi connectivity index (χ4n) is 4.45. The summed E-state index contributed by atoms with van der Waals surface area (Å²) in [5.41, 5.74) is -0.387. The molecule has 3 atom stereocenters. The van der Waals surface area contributed by atoms with Crippen LogP contribution in [-0.2, 0) is 9.59 Å². The second-order valence-corrected chi connectivity index (χ2v) is 7.82. The standard InChI is InChI=1S/C15H23N3O.C2HF3O2/c1-10-16-15(14(19)17(10)2)6-5-12-8-18(9-13(12)15)7-11-3-4-11;3-2(4,5)1(6)7/h11-13H,3-9H2,1-2H3;(H,6,7)/t12-,13+,15-;/m1./s1. The van der Waals surface area contributed by atoms with Gasteiger partial charge in [-0.05, 0) is 44.4 Å². The number of likely N-dealkylation sites (tertiary alicyclic amines) is 1. The first-order valence-corrected chi connectivity index (χ1v) is 8.91. The van der Waals surface area contributed by atoms with E-state index in [2.05, 4.69) is 4.90 Å². The lowest BCUT2D eigenvalue weighted by Crippen LogP contribution is -2.45. The van der Waals surface area contributed by atoms with E-state index in [0.29, 0.717) is 11.8 Å². The minimum absolute atomic E-state index is 0.255. The predicted octanol–water partition coefficient (Wildman–Crippen LogP) is 2.00. The summed E-state index contributed by atoms with van der Waals surface area (Å²) in [6, 6.07) is 0. The summed E-state index contributed by atoms with van der Waals surface area (Å²) in [4.78, 5) is 30.7. The Hall–Kier alpha value is -1.64. The Labute approximate surface area is 150 Å². The largest absolute Gasteiger partial charge is 0.490 e. The quantitative estimate of drug-likeness (QED) is 0.801. The third-order valence-electron chi connectivity index (χ3n) is 6.00. The van der Waals surface area contributed by atoms with Crippen molar-refractivity contribution in [2.45, 2.75) is 44.3 Å². The number of carbonyl (C=O) groups excluding carboxylic acids is 1. The molecule has 1 spiro atoms. The van der Waals surface area contributed by atoms with Gasteiger partial charge in [0.05, 0.1) is 0 Å². The number of carboxylic acids is 1. The fourth-order valence-corrected chi connectivity index (χ4v) is 4.45. The van der Waals surface area contributed by atoms with Crippen molar-refractivity contribution in [2.75, 3.05) is 26.7 Å². The molecule has 0 aromatic heterocycles. The maximum atomic E-state index is 12.6. The Balaban J connectivity index is 0.000000242. The molecular formula is C17H24F3N3O3. The molecule has 26 heavy (non-hydrogen) atoms. The van der Waals surface area contributed by atoms with Crippen molar-refractivity contribution in [1.29, 1.82) is 0 Å². The number of aliphatic imine (C=N–C) groups is 1. The fraction of sp³-hybridized carbons (Fsp3) is 0.824. The molecule has 146 valence electrons. The molecule has 0 aromatic carbocycles. The van der Waals surface area contributed by atoms with Gasteiger partial charge in [-0.2, -0.15) is 13.2 Å². The van der Waals surface area contributed by atoms with Gasteiger partial charge in [0, 0.05) is 32.6 Å². The predicted molar refractivity (Wildman–Crippen MR) is 87.7 cm³/mol. The highest BCUT2D eigenvalue weighted by Crippen LogP contribution is 2.50. The maximum Gasteiger partial charge on any atom is 0.490 e. The SMILES string of the molecule is CC1=N[C@@]2(CC[C@@H]3CN(CC4CC4)C[C@@H]32)C(=O)N1C.O=C(O)C(F)(F)F. The van der Waals surface area contributed by atoms with Crippen LogP contribution in [0.5, 0.6) is 0 Å². The van der Waals surface area contributed by atoms with E-state index in [1.165, 1.54) is 32.4 Å². The Morgan fingerprint density at radius 2 is 1.92 bits per heavy atom. The van der Waals surface area contributed by atoms with E-state index in [0.717, 1.165) is 24.7 Å². The Morgan fingerprint density at radius 1 is 1.31 bits per heavy atom. The smallest absolute Gasteiger partial charge is 0.475 e. The van der Waals surface area contributed by atoms with Crippen molar-refractivity contribution in [2.24, 2.45) is 22.7 Å². The van der Waals surface area contributed by atoms with E-state index in [-0.39, 0.29) is 11.4 Å².